The van der Waals surface area contributed by atoms with Gasteiger partial charge in [-0.15, -0.1) is 0 Å². The number of para-hydroxylation sites is 1. The molecule has 0 radical (unpaired) electrons. The van der Waals surface area contributed by atoms with Crippen molar-refractivity contribution in [3.8, 4) is 11.5 Å². The fraction of sp³-hybridized carbons (Fsp3) is 0.281. The van der Waals surface area contributed by atoms with Gasteiger partial charge < -0.3 is 9.47 Å². The van der Waals surface area contributed by atoms with Gasteiger partial charge in [-0.3, -0.25) is 4.79 Å². The summed E-state index contributed by atoms with van der Waals surface area (Å²) in [5, 5.41) is 0. The van der Waals surface area contributed by atoms with E-state index in [1.807, 2.05) is 84.9 Å². The van der Waals surface area contributed by atoms with E-state index in [1.165, 1.54) is 0 Å². The van der Waals surface area contributed by atoms with Crippen molar-refractivity contribution in [2.24, 2.45) is 0 Å². The second-order valence-corrected chi connectivity index (χ2v) is 6.22. The van der Waals surface area contributed by atoms with Gasteiger partial charge in [-0.25, -0.2) is 0 Å². The summed E-state index contributed by atoms with van der Waals surface area (Å²) in [5.74, 6) is 2.73. The molecule has 0 bridgehead atoms. The highest BCUT2D eigenvalue weighted by molar-refractivity contribution is 6.08. The van der Waals surface area contributed by atoms with Gasteiger partial charge in [-0.2, -0.15) is 0 Å². The average molecular weight is 477 g/mol. The van der Waals surface area contributed by atoms with Gasteiger partial charge in [0.25, 0.3) is 0 Å². The maximum atomic E-state index is 12.7. The minimum Gasteiger partial charge on any atom is -0.462 e. The first-order valence-electron chi connectivity index (χ1n) is 12.5. The lowest BCUT2D eigenvalue weighted by Gasteiger charge is -2.08. The summed E-state index contributed by atoms with van der Waals surface area (Å²) in [7, 11) is 0. The topological polar surface area (TPSA) is 35.5 Å². The van der Waals surface area contributed by atoms with Crippen LogP contribution in [0.5, 0.6) is 11.5 Å². The van der Waals surface area contributed by atoms with E-state index in [2.05, 4.69) is 13.2 Å². The Balaban J connectivity index is 0. The standard InChI is InChI=1S/C26H26O3.3C2H6/c1-5-11-22(6-2)28-25-18-15-21(16-19-25)26(27)20(4)14-17-23(7-3)29-24-12-9-8-10-13-24;3*1-2/h5-6,8-19H,1-2,7H2,3-4H3;3*1-2H3/b20-14+,22-11+,23-17+;;;. The molecule has 0 aliphatic rings. The molecule has 2 aromatic rings. The number of carbonyl (C=O) groups excluding carboxylic acids is 1. The highest BCUT2D eigenvalue weighted by atomic mass is 16.5. The number of Topliss-reactive ketones (excluding diaryl/α,β-unsaturated/α-hetero) is 1. The van der Waals surface area contributed by atoms with Crippen molar-refractivity contribution in [3.63, 3.8) is 0 Å². The van der Waals surface area contributed by atoms with E-state index in [1.54, 1.807) is 55.5 Å². The molecule has 0 unspecified atom stereocenters. The van der Waals surface area contributed by atoms with Crippen LogP contribution in [0, 0.1) is 0 Å². The van der Waals surface area contributed by atoms with Gasteiger partial charge in [0.05, 0.1) is 0 Å². The van der Waals surface area contributed by atoms with E-state index in [0.717, 1.165) is 17.9 Å². The number of ether oxygens (including phenoxy) is 2. The number of rotatable bonds is 10. The Morgan fingerprint density at radius 1 is 0.771 bits per heavy atom. The molecule has 3 heteroatoms. The van der Waals surface area contributed by atoms with E-state index in [9.17, 15) is 4.79 Å². The van der Waals surface area contributed by atoms with Crippen LogP contribution in [0.1, 0.15) is 72.2 Å². The van der Waals surface area contributed by atoms with E-state index in [-0.39, 0.29) is 5.78 Å². The number of hydrogen-bond acceptors (Lipinski definition) is 3. The summed E-state index contributed by atoms with van der Waals surface area (Å²) < 4.78 is 11.5. The predicted molar refractivity (Wildman–Crippen MR) is 153 cm³/mol. The summed E-state index contributed by atoms with van der Waals surface area (Å²) in [5.41, 5.74) is 1.22. The second-order valence-electron chi connectivity index (χ2n) is 6.22. The molecule has 35 heavy (non-hydrogen) atoms. The van der Waals surface area contributed by atoms with E-state index >= 15 is 0 Å². The molecule has 0 heterocycles. The van der Waals surface area contributed by atoms with Crippen molar-refractivity contribution in [2.45, 2.75) is 61.8 Å². The van der Waals surface area contributed by atoms with Crippen LogP contribution >= 0.6 is 0 Å². The lowest BCUT2D eigenvalue weighted by Crippen LogP contribution is -2.01. The maximum Gasteiger partial charge on any atom is 0.188 e. The normalized spacial score (nSPS) is 10.7. The Kier molecular flexibility index (Phi) is 21.3. The monoisotopic (exact) mass is 476 g/mol. The lowest BCUT2D eigenvalue weighted by molar-refractivity contribution is 0.103. The van der Waals surface area contributed by atoms with E-state index < -0.39 is 0 Å². The SMILES string of the molecule is C=C/C=C(\C=C)Oc1ccc(C(=O)/C(C)=C/C=C(\CC)Oc2ccccc2)cc1.CC.CC.CC. The fourth-order valence-corrected chi connectivity index (χ4v) is 2.46. The van der Waals surface area contributed by atoms with E-state index in [4.69, 9.17) is 9.47 Å². The van der Waals surface area contributed by atoms with Gasteiger partial charge in [0, 0.05) is 12.0 Å². The predicted octanol–water partition coefficient (Wildman–Crippen LogP) is 9.90. The first-order valence-corrected chi connectivity index (χ1v) is 12.5. The Morgan fingerprint density at radius 2 is 1.31 bits per heavy atom. The van der Waals surface area contributed by atoms with Crippen molar-refractivity contribution in [1.82, 2.24) is 0 Å². The number of allylic oxidation sites excluding steroid dienone is 7. The number of hydrogen-bond donors (Lipinski definition) is 0. The minimum absolute atomic E-state index is 0.0476. The van der Waals surface area contributed by atoms with Crippen LogP contribution in [0.3, 0.4) is 0 Å². The molecule has 0 aliphatic carbocycles. The molecular formula is C32H44O3. The lowest BCUT2D eigenvalue weighted by atomic mass is 10.0. The zero-order valence-corrected chi connectivity index (χ0v) is 22.9. The van der Waals surface area contributed by atoms with Crippen molar-refractivity contribution in [1.29, 1.82) is 0 Å². The summed E-state index contributed by atoms with van der Waals surface area (Å²) in [6, 6.07) is 16.6. The van der Waals surface area contributed by atoms with E-state index in [0.29, 0.717) is 22.6 Å². The average Bonchev–Trinajstić information content (AvgIpc) is 2.94. The van der Waals surface area contributed by atoms with Crippen LogP contribution in [0.25, 0.3) is 0 Å². The van der Waals surface area contributed by atoms with Crippen LogP contribution in [-0.4, -0.2) is 5.78 Å². The van der Waals surface area contributed by atoms with Crippen LogP contribution in [0.15, 0.2) is 115 Å². The molecule has 0 atom stereocenters. The zero-order valence-electron chi connectivity index (χ0n) is 22.9. The smallest absolute Gasteiger partial charge is 0.188 e. The molecule has 0 saturated carbocycles. The molecule has 2 rings (SSSR count). The van der Waals surface area contributed by atoms with Crippen molar-refractivity contribution in [2.75, 3.05) is 0 Å². The van der Waals surface area contributed by atoms with Gasteiger partial charge in [0.1, 0.15) is 23.0 Å². The third kappa shape index (κ3) is 13.6. The first-order chi connectivity index (χ1) is 17.1. The Hall–Kier alpha value is -3.59. The molecule has 190 valence electrons. The largest absolute Gasteiger partial charge is 0.462 e. The van der Waals surface area contributed by atoms with Crippen LogP contribution in [0.2, 0.25) is 0 Å². The number of benzene rings is 2. The summed E-state index contributed by atoms with van der Waals surface area (Å²) in [6.45, 7) is 23.1. The number of ketones is 1. The van der Waals surface area contributed by atoms with Gasteiger partial charge in [0.15, 0.2) is 5.78 Å². The summed E-state index contributed by atoms with van der Waals surface area (Å²) in [6.07, 6.45) is 9.30. The molecule has 0 aliphatic heterocycles. The van der Waals surface area contributed by atoms with Crippen LogP contribution < -0.4 is 9.47 Å². The molecule has 3 nitrogen and oxygen atoms in total. The minimum atomic E-state index is -0.0476. The maximum absolute atomic E-state index is 12.7. The summed E-state index contributed by atoms with van der Waals surface area (Å²) >= 11 is 0. The molecule has 0 aromatic heterocycles. The third-order valence-corrected chi connectivity index (χ3v) is 4.05. The van der Waals surface area contributed by atoms with Crippen molar-refractivity contribution in [3.05, 3.63) is 121 Å². The Morgan fingerprint density at radius 3 is 1.80 bits per heavy atom. The zero-order chi connectivity index (χ0) is 27.1. The van der Waals surface area contributed by atoms with Gasteiger partial charge in [0.2, 0.25) is 0 Å². The molecule has 0 N–H and O–H groups in total. The van der Waals surface area contributed by atoms with Crippen molar-refractivity contribution < 1.29 is 14.3 Å². The second kappa shape index (κ2) is 22.2. The number of carbonyl (C=O) groups is 1. The molecule has 0 spiro atoms. The Bertz CT molecular complexity index is 931. The highest BCUT2D eigenvalue weighted by Gasteiger charge is 2.08. The molecule has 0 saturated heterocycles. The molecule has 2 aromatic carbocycles. The van der Waals surface area contributed by atoms with Crippen LogP contribution in [-0.2, 0) is 0 Å². The summed E-state index contributed by atoms with van der Waals surface area (Å²) in [4.78, 5) is 12.7. The fourth-order valence-electron chi connectivity index (χ4n) is 2.46. The molecular weight excluding hydrogens is 432 g/mol. The van der Waals surface area contributed by atoms with Crippen molar-refractivity contribution >= 4 is 5.78 Å². The van der Waals surface area contributed by atoms with Gasteiger partial charge in [-0.05, 0) is 67.1 Å². The highest BCUT2D eigenvalue weighted by Crippen LogP contribution is 2.19. The third-order valence-electron chi connectivity index (χ3n) is 4.05. The van der Waals surface area contributed by atoms with Gasteiger partial charge >= 0.3 is 0 Å². The Labute approximate surface area is 214 Å². The molecule has 0 amide bonds. The molecule has 0 fully saturated rings. The first kappa shape index (κ1) is 33.6. The quantitative estimate of drug-likeness (QED) is 0.148. The van der Waals surface area contributed by atoms with Crippen LogP contribution in [0.4, 0.5) is 0 Å². The van der Waals surface area contributed by atoms with Gasteiger partial charge in [-0.1, -0.05) is 92.0 Å².